The second-order valence-electron chi connectivity index (χ2n) is 5.92. The topological polar surface area (TPSA) is 64.2 Å². The van der Waals surface area contributed by atoms with E-state index in [0.717, 1.165) is 13.1 Å². The van der Waals surface area contributed by atoms with Crippen molar-refractivity contribution in [2.75, 3.05) is 18.0 Å². The van der Waals surface area contributed by atoms with Gasteiger partial charge in [0, 0.05) is 31.5 Å². The van der Waals surface area contributed by atoms with Crippen molar-refractivity contribution in [1.29, 1.82) is 0 Å². The number of anilines is 1. The number of aromatic nitrogens is 2. The van der Waals surface area contributed by atoms with Gasteiger partial charge in [0.05, 0.1) is 5.54 Å². The van der Waals surface area contributed by atoms with E-state index < -0.39 is 0 Å². The summed E-state index contributed by atoms with van der Waals surface area (Å²) in [6.07, 6.45) is 5.92. The maximum absolute atomic E-state index is 12.3. The minimum Gasteiger partial charge on any atom is -0.348 e. The van der Waals surface area contributed by atoms with Crippen LogP contribution in [0.3, 0.4) is 0 Å². The van der Waals surface area contributed by atoms with Crippen molar-refractivity contribution in [2.24, 2.45) is 11.7 Å². The lowest BCUT2D eigenvalue weighted by molar-refractivity contribution is 0.288. The number of hydrogen-bond donors (Lipinski definition) is 1. The number of rotatable bonds is 3. The van der Waals surface area contributed by atoms with E-state index in [-0.39, 0.29) is 17.1 Å². The lowest BCUT2D eigenvalue weighted by Crippen LogP contribution is -2.70. The third-order valence-corrected chi connectivity index (χ3v) is 4.07. The first-order valence-electron chi connectivity index (χ1n) is 6.62. The van der Waals surface area contributed by atoms with Crippen molar-refractivity contribution >= 4 is 5.82 Å². The lowest BCUT2D eigenvalue weighted by Gasteiger charge is -2.48. The predicted molar refractivity (Wildman–Crippen MR) is 70.7 cm³/mol. The van der Waals surface area contributed by atoms with Crippen LogP contribution in [0.4, 0.5) is 5.82 Å². The maximum Gasteiger partial charge on any atom is 0.293 e. The van der Waals surface area contributed by atoms with Crippen LogP contribution in [0.5, 0.6) is 0 Å². The highest BCUT2D eigenvalue weighted by Gasteiger charge is 2.51. The fourth-order valence-electron chi connectivity index (χ4n) is 2.77. The Morgan fingerprint density at radius 2 is 2.11 bits per heavy atom. The molecule has 2 N–H and O–H groups in total. The zero-order chi connectivity index (χ0) is 12.9. The third kappa shape index (κ3) is 1.73. The lowest BCUT2D eigenvalue weighted by atomic mass is 9.86. The van der Waals surface area contributed by atoms with E-state index in [1.807, 2.05) is 18.7 Å². The summed E-state index contributed by atoms with van der Waals surface area (Å²) in [6.45, 7) is 5.53. The van der Waals surface area contributed by atoms with Crippen molar-refractivity contribution in [3.63, 3.8) is 0 Å². The summed E-state index contributed by atoms with van der Waals surface area (Å²) in [5, 5.41) is 0. The van der Waals surface area contributed by atoms with Gasteiger partial charge in [0.15, 0.2) is 5.82 Å². The van der Waals surface area contributed by atoms with Crippen LogP contribution in [-0.2, 0) is 0 Å². The smallest absolute Gasteiger partial charge is 0.293 e. The minimum absolute atomic E-state index is 0.00894. The number of hydrogen-bond acceptors (Lipinski definition) is 4. The Morgan fingerprint density at radius 1 is 1.44 bits per heavy atom. The molecule has 1 aromatic heterocycles. The molecule has 1 aliphatic heterocycles. The fraction of sp³-hybridized carbons (Fsp3) is 0.692. The standard InChI is InChI=1S/C13H20N4O/c1-9(2)17-6-5-15-11(12(17)18)16-7-13(14,8-16)10-3-4-10/h5-6,9-10H,3-4,7-8,14H2,1-2H3. The first-order chi connectivity index (χ1) is 8.51. The molecular weight excluding hydrogens is 228 g/mol. The van der Waals surface area contributed by atoms with Gasteiger partial charge in [-0.25, -0.2) is 4.98 Å². The largest absolute Gasteiger partial charge is 0.348 e. The quantitative estimate of drug-likeness (QED) is 0.857. The molecule has 1 saturated heterocycles. The third-order valence-electron chi connectivity index (χ3n) is 4.07. The molecule has 5 heteroatoms. The van der Waals surface area contributed by atoms with Gasteiger partial charge in [0.1, 0.15) is 0 Å². The van der Waals surface area contributed by atoms with Crippen molar-refractivity contribution in [1.82, 2.24) is 9.55 Å². The number of nitrogens with two attached hydrogens (primary N) is 1. The van der Waals surface area contributed by atoms with Gasteiger partial charge in [-0.3, -0.25) is 4.79 Å². The second kappa shape index (κ2) is 3.82. The first-order valence-corrected chi connectivity index (χ1v) is 6.62. The average molecular weight is 248 g/mol. The van der Waals surface area contributed by atoms with Crippen LogP contribution in [0, 0.1) is 5.92 Å². The van der Waals surface area contributed by atoms with Crippen LogP contribution >= 0.6 is 0 Å². The Bertz CT molecular complexity index is 512. The van der Waals surface area contributed by atoms with E-state index >= 15 is 0 Å². The summed E-state index contributed by atoms with van der Waals surface area (Å²) in [5.74, 6) is 1.21. The Kier molecular flexibility index (Phi) is 2.48. The summed E-state index contributed by atoms with van der Waals surface area (Å²) in [5.41, 5.74) is 6.22. The molecule has 2 heterocycles. The van der Waals surface area contributed by atoms with Gasteiger partial charge in [-0.2, -0.15) is 0 Å². The monoisotopic (exact) mass is 248 g/mol. The van der Waals surface area contributed by atoms with E-state index in [1.54, 1.807) is 17.0 Å². The molecule has 0 aromatic carbocycles. The van der Waals surface area contributed by atoms with Crippen LogP contribution in [-0.4, -0.2) is 28.2 Å². The van der Waals surface area contributed by atoms with Gasteiger partial charge in [0.2, 0.25) is 0 Å². The van der Waals surface area contributed by atoms with Crippen molar-refractivity contribution in [3.05, 3.63) is 22.7 Å². The van der Waals surface area contributed by atoms with E-state index in [4.69, 9.17) is 5.73 Å². The molecule has 1 saturated carbocycles. The molecule has 18 heavy (non-hydrogen) atoms. The zero-order valence-corrected chi connectivity index (χ0v) is 11.0. The second-order valence-corrected chi connectivity index (χ2v) is 5.92. The van der Waals surface area contributed by atoms with Crippen molar-refractivity contribution in [3.8, 4) is 0 Å². The summed E-state index contributed by atoms with van der Waals surface area (Å²) < 4.78 is 1.72. The van der Waals surface area contributed by atoms with Gasteiger partial charge in [-0.05, 0) is 32.6 Å². The highest BCUT2D eigenvalue weighted by Crippen LogP contribution is 2.43. The zero-order valence-electron chi connectivity index (χ0n) is 11.0. The molecule has 3 rings (SSSR count). The predicted octanol–water partition coefficient (Wildman–Crippen LogP) is 0.752. The number of nitrogens with zero attached hydrogens (tertiary/aromatic N) is 3. The fourth-order valence-corrected chi connectivity index (χ4v) is 2.77. The molecule has 5 nitrogen and oxygen atoms in total. The van der Waals surface area contributed by atoms with Gasteiger partial charge in [0.25, 0.3) is 5.56 Å². The van der Waals surface area contributed by atoms with Crippen LogP contribution in [0.2, 0.25) is 0 Å². The Labute approximate surface area is 107 Å². The maximum atomic E-state index is 12.3. The molecule has 0 amide bonds. The molecule has 1 aromatic rings. The van der Waals surface area contributed by atoms with E-state index in [2.05, 4.69) is 4.98 Å². The van der Waals surface area contributed by atoms with Crippen LogP contribution in [0.25, 0.3) is 0 Å². The summed E-state index contributed by atoms with van der Waals surface area (Å²) in [4.78, 5) is 18.5. The molecule has 2 aliphatic rings. The molecule has 0 radical (unpaired) electrons. The Hall–Kier alpha value is -1.36. The van der Waals surface area contributed by atoms with Crippen LogP contribution in [0.1, 0.15) is 32.7 Å². The van der Waals surface area contributed by atoms with Gasteiger partial charge in [-0.15, -0.1) is 0 Å². The van der Waals surface area contributed by atoms with Crippen LogP contribution in [0.15, 0.2) is 17.2 Å². The van der Waals surface area contributed by atoms with Crippen molar-refractivity contribution < 1.29 is 0 Å². The molecule has 98 valence electrons. The summed E-state index contributed by atoms with van der Waals surface area (Å²) in [6, 6.07) is 0.159. The molecule has 0 bridgehead atoms. The molecular formula is C13H20N4O. The molecule has 2 fully saturated rings. The molecule has 0 spiro atoms. The van der Waals surface area contributed by atoms with Crippen LogP contribution < -0.4 is 16.2 Å². The highest BCUT2D eigenvalue weighted by molar-refractivity contribution is 5.43. The highest BCUT2D eigenvalue weighted by atomic mass is 16.1. The van der Waals surface area contributed by atoms with Crippen molar-refractivity contribution in [2.45, 2.75) is 38.3 Å². The summed E-state index contributed by atoms with van der Waals surface area (Å²) in [7, 11) is 0. The minimum atomic E-state index is -0.0768. The van der Waals surface area contributed by atoms with E-state index in [0.29, 0.717) is 11.7 Å². The Morgan fingerprint density at radius 3 is 2.67 bits per heavy atom. The molecule has 0 unspecified atom stereocenters. The average Bonchev–Trinajstić information content (AvgIpc) is 3.09. The normalized spacial score (nSPS) is 22.1. The van der Waals surface area contributed by atoms with Gasteiger partial charge < -0.3 is 15.2 Å². The summed E-state index contributed by atoms with van der Waals surface area (Å²) >= 11 is 0. The molecule has 1 aliphatic carbocycles. The van der Waals surface area contributed by atoms with Gasteiger partial charge in [-0.1, -0.05) is 0 Å². The van der Waals surface area contributed by atoms with E-state index in [9.17, 15) is 4.79 Å². The SMILES string of the molecule is CC(C)n1ccnc(N2CC(N)(C3CC3)C2)c1=O. The first kappa shape index (κ1) is 11.7. The van der Waals surface area contributed by atoms with Gasteiger partial charge >= 0.3 is 0 Å². The molecule has 0 atom stereocenters. The van der Waals surface area contributed by atoms with E-state index in [1.165, 1.54) is 12.8 Å². The Balaban J connectivity index is 1.82.